The molecule has 3 rings (SSSR count). The van der Waals surface area contributed by atoms with Crippen LogP contribution in [0.5, 0.6) is 0 Å². The zero-order valence-corrected chi connectivity index (χ0v) is 16.2. The first-order valence-electron chi connectivity index (χ1n) is 9.71. The number of nitrogens with two attached hydrogens (primary N) is 1. The van der Waals surface area contributed by atoms with Gasteiger partial charge in [0, 0.05) is 12.6 Å². The van der Waals surface area contributed by atoms with E-state index in [0.29, 0.717) is 17.9 Å². The van der Waals surface area contributed by atoms with Gasteiger partial charge in [-0.2, -0.15) is 0 Å². The molecule has 0 spiro atoms. The van der Waals surface area contributed by atoms with E-state index in [4.69, 9.17) is 10.5 Å². The molecule has 0 bridgehead atoms. The van der Waals surface area contributed by atoms with Crippen LogP contribution in [0.2, 0.25) is 0 Å². The zero-order valence-electron chi connectivity index (χ0n) is 16.2. The summed E-state index contributed by atoms with van der Waals surface area (Å²) in [5, 5.41) is 13.3. The maximum absolute atomic E-state index is 10.2. The number of anilines is 1. The number of fused-ring (bicyclic) bond motifs is 1. The molecule has 8 nitrogen and oxygen atoms in total. The number of aliphatic hydroxyl groups is 1. The Kier molecular flexibility index (Phi) is 7.30. The maximum atomic E-state index is 10.2. The minimum Gasteiger partial charge on any atom is -0.382 e. The summed E-state index contributed by atoms with van der Waals surface area (Å²) in [7, 11) is 0. The summed E-state index contributed by atoms with van der Waals surface area (Å²) < 4.78 is 7.49. The highest BCUT2D eigenvalue weighted by Crippen LogP contribution is 2.19. The monoisotopic (exact) mass is 384 g/mol. The molecule has 2 heterocycles. The van der Waals surface area contributed by atoms with Crippen molar-refractivity contribution in [2.45, 2.75) is 51.6 Å². The fourth-order valence-electron chi connectivity index (χ4n) is 3.18. The molecular weight excluding hydrogens is 356 g/mol. The number of benzene rings is 1. The van der Waals surface area contributed by atoms with Crippen molar-refractivity contribution in [2.75, 3.05) is 12.3 Å². The summed E-state index contributed by atoms with van der Waals surface area (Å²) in [5.74, 6) is 0.390. The highest BCUT2D eigenvalue weighted by Gasteiger charge is 2.14. The van der Waals surface area contributed by atoms with E-state index in [1.807, 2.05) is 22.8 Å². The Bertz CT molecular complexity index is 854. The van der Waals surface area contributed by atoms with Crippen LogP contribution in [0, 0.1) is 0 Å². The van der Waals surface area contributed by atoms with Crippen LogP contribution in [0.4, 0.5) is 5.82 Å². The smallest absolute Gasteiger partial charge is 0.213 e. The number of aromatic nitrogens is 4. The number of imidazole rings is 1. The van der Waals surface area contributed by atoms with Gasteiger partial charge in [-0.15, -0.1) is 0 Å². The number of hydrogen-bond donors (Lipinski definition) is 3. The van der Waals surface area contributed by atoms with Crippen LogP contribution in [0.25, 0.3) is 11.2 Å². The Hall–Kier alpha value is -2.55. The van der Waals surface area contributed by atoms with Gasteiger partial charge in [0.25, 0.3) is 0 Å². The Morgan fingerprint density at radius 3 is 2.79 bits per heavy atom. The van der Waals surface area contributed by atoms with E-state index in [-0.39, 0.29) is 6.04 Å². The van der Waals surface area contributed by atoms with Crippen molar-refractivity contribution in [1.29, 1.82) is 0 Å². The molecule has 0 fully saturated rings. The minimum absolute atomic E-state index is 0.0728. The molecule has 0 saturated heterocycles. The Morgan fingerprint density at radius 2 is 2.00 bits per heavy atom. The second kappa shape index (κ2) is 10.1. The molecule has 0 saturated carbocycles. The summed E-state index contributed by atoms with van der Waals surface area (Å²) in [6, 6.07) is 10.2. The lowest BCUT2D eigenvalue weighted by atomic mass is 10.0. The Morgan fingerprint density at radius 1 is 1.18 bits per heavy atom. The highest BCUT2D eigenvalue weighted by atomic mass is 16.6. The summed E-state index contributed by atoms with van der Waals surface area (Å²) in [6.45, 7) is 3.34. The van der Waals surface area contributed by atoms with E-state index < -0.39 is 6.41 Å². The SMILES string of the molecule is CCC[C@@H](NC(O)OCCCCn1cnc2c(N)ncnc21)c1ccccc1. The summed E-state index contributed by atoms with van der Waals surface area (Å²) in [4.78, 5) is 12.4. The fraction of sp³-hybridized carbons (Fsp3) is 0.450. The third kappa shape index (κ3) is 5.25. The van der Waals surface area contributed by atoms with Crippen LogP contribution in [-0.2, 0) is 11.3 Å². The molecule has 3 aromatic rings. The number of aliphatic hydroxyl groups excluding tert-OH is 1. The van der Waals surface area contributed by atoms with E-state index in [0.717, 1.165) is 43.4 Å². The van der Waals surface area contributed by atoms with Gasteiger partial charge in [-0.3, -0.25) is 5.32 Å². The topological polar surface area (TPSA) is 111 Å². The first-order valence-corrected chi connectivity index (χ1v) is 9.71. The number of ether oxygens (including phenoxy) is 1. The van der Waals surface area contributed by atoms with Crippen molar-refractivity contribution >= 4 is 17.0 Å². The van der Waals surface area contributed by atoms with Crippen molar-refractivity contribution in [1.82, 2.24) is 24.8 Å². The minimum atomic E-state index is -0.988. The molecule has 1 unspecified atom stereocenters. The quantitative estimate of drug-likeness (QED) is 0.344. The molecule has 0 radical (unpaired) electrons. The molecule has 0 aliphatic carbocycles. The van der Waals surface area contributed by atoms with Crippen molar-refractivity contribution in [2.24, 2.45) is 0 Å². The van der Waals surface area contributed by atoms with Crippen LogP contribution in [0.3, 0.4) is 0 Å². The van der Waals surface area contributed by atoms with Gasteiger partial charge in [-0.05, 0) is 24.8 Å². The van der Waals surface area contributed by atoms with Crippen molar-refractivity contribution < 1.29 is 9.84 Å². The van der Waals surface area contributed by atoms with Gasteiger partial charge in [0.2, 0.25) is 6.41 Å². The van der Waals surface area contributed by atoms with Gasteiger partial charge in [0.1, 0.15) is 11.8 Å². The second-order valence-corrected chi connectivity index (χ2v) is 6.72. The molecule has 0 aliphatic heterocycles. The number of unbranched alkanes of at least 4 members (excludes halogenated alkanes) is 1. The molecule has 4 N–H and O–H groups in total. The third-order valence-corrected chi connectivity index (χ3v) is 4.62. The Balaban J connectivity index is 1.41. The lowest BCUT2D eigenvalue weighted by Crippen LogP contribution is -2.35. The van der Waals surface area contributed by atoms with Crippen molar-refractivity contribution in [3.63, 3.8) is 0 Å². The average molecular weight is 384 g/mol. The van der Waals surface area contributed by atoms with Crippen LogP contribution in [0.15, 0.2) is 43.0 Å². The summed E-state index contributed by atoms with van der Waals surface area (Å²) in [6.07, 6.45) is 5.82. The number of rotatable bonds is 11. The molecule has 8 heteroatoms. The maximum Gasteiger partial charge on any atom is 0.213 e. The highest BCUT2D eigenvalue weighted by molar-refractivity contribution is 5.80. The molecule has 28 heavy (non-hydrogen) atoms. The van der Waals surface area contributed by atoms with E-state index in [9.17, 15) is 5.11 Å². The zero-order chi connectivity index (χ0) is 19.8. The van der Waals surface area contributed by atoms with Gasteiger partial charge < -0.3 is 20.1 Å². The average Bonchev–Trinajstić information content (AvgIpc) is 3.12. The van der Waals surface area contributed by atoms with Crippen LogP contribution in [0.1, 0.15) is 44.2 Å². The number of hydrogen-bond acceptors (Lipinski definition) is 7. The lowest BCUT2D eigenvalue weighted by molar-refractivity contribution is -0.127. The summed E-state index contributed by atoms with van der Waals surface area (Å²) in [5.41, 5.74) is 8.32. The van der Waals surface area contributed by atoms with Crippen LogP contribution >= 0.6 is 0 Å². The molecule has 1 aromatic carbocycles. The second-order valence-electron chi connectivity index (χ2n) is 6.72. The number of nitrogens with one attached hydrogen (secondary N) is 1. The molecule has 2 atom stereocenters. The largest absolute Gasteiger partial charge is 0.382 e. The molecule has 2 aromatic heterocycles. The Labute approximate surface area is 164 Å². The number of nitrogens with zero attached hydrogens (tertiary/aromatic N) is 4. The van der Waals surface area contributed by atoms with Crippen molar-refractivity contribution in [3.05, 3.63) is 48.5 Å². The number of nitrogen functional groups attached to an aromatic ring is 1. The first-order chi connectivity index (χ1) is 13.7. The van der Waals surface area contributed by atoms with E-state index in [1.54, 1.807) is 6.33 Å². The molecule has 0 aliphatic rings. The third-order valence-electron chi connectivity index (χ3n) is 4.62. The van der Waals surface area contributed by atoms with Gasteiger partial charge in [-0.25, -0.2) is 15.0 Å². The van der Waals surface area contributed by atoms with Crippen LogP contribution < -0.4 is 11.1 Å². The van der Waals surface area contributed by atoms with E-state index in [1.165, 1.54) is 6.33 Å². The van der Waals surface area contributed by atoms with Crippen molar-refractivity contribution in [3.8, 4) is 0 Å². The van der Waals surface area contributed by atoms with E-state index in [2.05, 4.69) is 39.3 Å². The normalized spacial score (nSPS) is 13.6. The van der Waals surface area contributed by atoms with Gasteiger partial charge in [0.15, 0.2) is 11.5 Å². The predicted octanol–water partition coefficient (Wildman–Crippen LogP) is 2.61. The first kappa shape index (κ1) is 20.2. The van der Waals surface area contributed by atoms with Gasteiger partial charge in [-0.1, -0.05) is 43.7 Å². The van der Waals surface area contributed by atoms with E-state index >= 15 is 0 Å². The predicted molar refractivity (Wildman–Crippen MR) is 108 cm³/mol. The standard InChI is InChI=1S/C20H28N6O2/c1-2-8-16(15-9-4-3-5-10-15)25-20(27)28-12-7-6-11-26-14-24-17-18(21)22-13-23-19(17)26/h3-5,9-10,13-14,16,20,25,27H,2,6-8,11-12H2,1H3,(H2,21,22,23)/t16-,20?/m1/s1. The molecular formula is C20H28N6O2. The summed E-state index contributed by atoms with van der Waals surface area (Å²) >= 11 is 0. The lowest BCUT2D eigenvalue weighted by Gasteiger charge is -2.22. The van der Waals surface area contributed by atoms with Gasteiger partial charge in [0.05, 0.1) is 12.9 Å². The van der Waals surface area contributed by atoms with Crippen LogP contribution in [-0.4, -0.2) is 37.6 Å². The number of aryl methyl sites for hydroxylation is 1. The molecule has 150 valence electrons. The molecule has 0 amide bonds. The van der Waals surface area contributed by atoms with Gasteiger partial charge >= 0.3 is 0 Å². The fourth-order valence-corrected chi connectivity index (χ4v) is 3.18.